The molecule has 2 nitrogen and oxygen atoms in total. The van der Waals surface area contributed by atoms with Gasteiger partial charge in [-0.25, -0.2) is 0 Å². The van der Waals surface area contributed by atoms with E-state index >= 15 is 0 Å². The van der Waals surface area contributed by atoms with E-state index in [1.54, 1.807) is 6.92 Å². The summed E-state index contributed by atoms with van der Waals surface area (Å²) in [6, 6.07) is 0. The van der Waals surface area contributed by atoms with Gasteiger partial charge in [-0.3, -0.25) is 5.92 Å². The molecule has 0 fully saturated rings. The van der Waals surface area contributed by atoms with Crippen molar-refractivity contribution in [2.45, 2.75) is 6.92 Å². The molecule has 0 heterocycles. The Labute approximate surface area is 68.8 Å². The first-order valence-electron chi connectivity index (χ1n) is 1.84. The number of hydrogen-bond acceptors (Lipinski definition) is 2. The molecule has 0 aliphatic heterocycles. The number of rotatable bonds is 2. The van der Waals surface area contributed by atoms with Crippen LogP contribution in [0.2, 0.25) is 0 Å². The van der Waals surface area contributed by atoms with Crippen LogP contribution in [0.3, 0.4) is 0 Å². The normalized spacial score (nSPS) is 8.57. The Morgan fingerprint density at radius 2 is 1.57 bits per heavy atom. The molecular weight excluding hydrogens is 169 g/mol. The number of hydrogen-bond donors (Lipinski definition) is 2. The topological polar surface area (TPSA) is 40.5 Å². The predicted octanol–water partition coefficient (Wildman–Crippen LogP) is -0.437. The van der Waals surface area contributed by atoms with Crippen molar-refractivity contribution < 1.29 is 42.9 Å². The Hall–Kier alpha value is 1.02. The zero-order chi connectivity index (χ0) is 4.99. The second kappa shape index (κ2) is 7.02. The van der Waals surface area contributed by atoms with Crippen LogP contribution in [0, 0.1) is 5.92 Å². The van der Waals surface area contributed by atoms with E-state index in [1.165, 1.54) is 0 Å². The second-order valence-corrected chi connectivity index (χ2v) is 1.27. The van der Waals surface area contributed by atoms with Crippen LogP contribution in [0.4, 0.5) is 0 Å². The van der Waals surface area contributed by atoms with Crippen molar-refractivity contribution in [1.82, 2.24) is 0 Å². The minimum absolute atomic E-state index is 0. The van der Waals surface area contributed by atoms with Crippen molar-refractivity contribution in [3.8, 4) is 0 Å². The maximum atomic E-state index is 8.14. The van der Waals surface area contributed by atoms with Crippen molar-refractivity contribution in [1.29, 1.82) is 0 Å². The van der Waals surface area contributed by atoms with Crippen LogP contribution < -0.4 is 0 Å². The van der Waals surface area contributed by atoms with Crippen LogP contribution in [0.25, 0.3) is 0 Å². The summed E-state index contributed by atoms with van der Waals surface area (Å²) in [5.74, 6) is 0.704. The maximum Gasteiger partial charge on any atom is 0 e. The van der Waals surface area contributed by atoms with Gasteiger partial charge in [-0.15, -0.1) is 0 Å². The average Bonchev–Trinajstić information content (AvgIpc) is 1.65. The van der Waals surface area contributed by atoms with Gasteiger partial charge < -0.3 is 10.2 Å². The van der Waals surface area contributed by atoms with Crippen molar-refractivity contribution in [3.63, 3.8) is 0 Å². The van der Waals surface area contributed by atoms with E-state index in [1.807, 2.05) is 0 Å². The minimum Gasteiger partial charge on any atom is -0.428 e. The molecule has 0 atom stereocenters. The first-order valence-corrected chi connectivity index (χ1v) is 1.84. The zero-order valence-corrected chi connectivity index (χ0v) is 7.22. The van der Waals surface area contributed by atoms with Gasteiger partial charge in [0.1, 0.15) is 0 Å². The van der Waals surface area contributed by atoms with Crippen molar-refractivity contribution in [3.05, 3.63) is 5.92 Å². The second-order valence-electron chi connectivity index (χ2n) is 1.27. The molecule has 1 radical (unpaired) electrons. The third-order valence-electron chi connectivity index (χ3n) is 0.540. The minimum atomic E-state index is -0.00347. The Bertz CT molecular complexity index is 28.9. The summed E-state index contributed by atoms with van der Waals surface area (Å²) in [6.07, 6.45) is 0. The summed E-state index contributed by atoms with van der Waals surface area (Å²) < 4.78 is 0. The van der Waals surface area contributed by atoms with Crippen LogP contribution in [-0.2, 0) is 32.7 Å². The SMILES string of the molecule is C[C-](CO)CO.[Y]. The van der Waals surface area contributed by atoms with Gasteiger partial charge in [0.25, 0.3) is 0 Å². The third-order valence-corrected chi connectivity index (χ3v) is 0.540. The van der Waals surface area contributed by atoms with Crippen LogP contribution in [0.15, 0.2) is 0 Å². The van der Waals surface area contributed by atoms with E-state index in [4.69, 9.17) is 10.2 Å². The van der Waals surface area contributed by atoms with Crippen LogP contribution in [-0.4, -0.2) is 23.4 Å². The van der Waals surface area contributed by atoms with Gasteiger partial charge in [0.05, 0.1) is 0 Å². The molecule has 0 saturated carbocycles. The fourth-order valence-electron chi connectivity index (χ4n) is 0.0500. The quantitative estimate of drug-likeness (QED) is 0.563. The van der Waals surface area contributed by atoms with Gasteiger partial charge in [0.2, 0.25) is 0 Å². The molecule has 0 aliphatic carbocycles. The van der Waals surface area contributed by atoms with E-state index in [-0.39, 0.29) is 45.9 Å². The summed E-state index contributed by atoms with van der Waals surface area (Å²) in [5.41, 5.74) is 0. The summed E-state index contributed by atoms with van der Waals surface area (Å²) in [4.78, 5) is 0. The summed E-state index contributed by atoms with van der Waals surface area (Å²) in [6.45, 7) is 1.69. The summed E-state index contributed by atoms with van der Waals surface area (Å²) >= 11 is 0. The van der Waals surface area contributed by atoms with Gasteiger partial charge in [0.15, 0.2) is 0 Å². The molecule has 0 amide bonds. The summed E-state index contributed by atoms with van der Waals surface area (Å²) in [5, 5.41) is 16.3. The number of aliphatic hydroxyl groups is 2. The van der Waals surface area contributed by atoms with E-state index in [0.717, 1.165) is 0 Å². The molecule has 0 saturated heterocycles. The van der Waals surface area contributed by atoms with Crippen LogP contribution in [0.1, 0.15) is 6.92 Å². The Morgan fingerprint density at radius 3 is 1.57 bits per heavy atom. The van der Waals surface area contributed by atoms with Gasteiger partial charge in [-0.2, -0.15) is 6.92 Å². The molecule has 0 unspecified atom stereocenters. The average molecular weight is 178 g/mol. The van der Waals surface area contributed by atoms with Gasteiger partial charge in [0, 0.05) is 32.7 Å². The fourth-order valence-corrected chi connectivity index (χ4v) is 0.0500. The standard InChI is InChI=1S/C4H9O2.Y/c1-4(2-5)3-6;/h5-6H,2-3H2,1H3;/q-1;. The molecular formula is C4H9O2Y-. The van der Waals surface area contributed by atoms with E-state index in [9.17, 15) is 0 Å². The van der Waals surface area contributed by atoms with Crippen molar-refractivity contribution in [2.75, 3.05) is 13.2 Å². The molecule has 0 aromatic rings. The first-order chi connectivity index (χ1) is 2.81. The summed E-state index contributed by atoms with van der Waals surface area (Å²) in [7, 11) is 0. The molecule has 2 N–H and O–H groups in total. The molecule has 0 rings (SSSR count). The van der Waals surface area contributed by atoms with E-state index < -0.39 is 0 Å². The molecule has 0 aromatic carbocycles. The van der Waals surface area contributed by atoms with Crippen molar-refractivity contribution >= 4 is 0 Å². The largest absolute Gasteiger partial charge is 0.428 e. The van der Waals surface area contributed by atoms with E-state index in [2.05, 4.69) is 0 Å². The molecule has 3 heteroatoms. The monoisotopic (exact) mass is 178 g/mol. The van der Waals surface area contributed by atoms with Crippen LogP contribution >= 0.6 is 0 Å². The fraction of sp³-hybridized carbons (Fsp3) is 0.750. The van der Waals surface area contributed by atoms with Gasteiger partial charge >= 0.3 is 0 Å². The van der Waals surface area contributed by atoms with Crippen LogP contribution in [0.5, 0.6) is 0 Å². The number of aliphatic hydroxyl groups excluding tert-OH is 2. The third kappa shape index (κ3) is 7.02. The predicted molar refractivity (Wildman–Crippen MR) is 23.1 cm³/mol. The van der Waals surface area contributed by atoms with E-state index in [0.29, 0.717) is 5.92 Å². The first kappa shape index (κ1) is 10.9. The molecule has 0 bridgehead atoms. The Kier molecular flexibility index (Phi) is 10.9. The zero-order valence-electron chi connectivity index (χ0n) is 4.39. The smallest absolute Gasteiger partial charge is 0 e. The molecule has 0 aromatic heterocycles. The Balaban J connectivity index is 0. The molecule has 0 spiro atoms. The molecule has 0 aliphatic rings. The molecule has 41 valence electrons. The maximum absolute atomic E-state index is 8.14. The van der Waals surface area contributed by atoms with Gasteiger partial charge in [-0.05, 0) is 0 Å². The Morgan fingerprint density at radius 1 is 1.29 bits per heavy atom. The van der Waals surface area contributed by atoms with Crippen molar-refractivity contribution in [2.24, 2.45) is 0 Å². The molecule has 7 heavy (non-hydrogen) atoms. The van der Waals surface area contributed by atoms with Gasteiger partial charge in [-0.1, -0.05) is 13.2 Å².